The molecule has 134 valence electrons. The zero-order chi connectivity index (χ0) is 18.2. The first-order valence-electron chi connectivity index (χ1n) is 9.01. The Bertz CT molecular complexity index is 803. The molecule has 26 heavy (non-hydrogen) atoms. The third-order valence-corrected chi connectivity index (χ3v) is 4.73. The van der Waals surface area contributed by atoms with E-state index in [1.807, 2.05) is 73.7 Å². The summed E-state index contributed by atoms with van der Waals surface area (Å²) in [5.41, 5.74) is 1.13. The Balaban J connectivity index is 1.72. The maximum absolute atomic E-state index is 6.21. The Hall–Kier alpha value is -2.72. The number of benzene rings is 3. The Morgan fingerprint density at radius 1 is 0.769 bits per heavy atom. The Labute approximate surface area is 158 Å². The van der Waals surface area contributed by atoms with Gasteiger partial charge in [0, 0.05) is 10.2 Å². The monoisotopic (exact) mass is 364 g/mol. The van der Waals surface area contributed by atoms with Gasteiger partial charge in [-0.2, -0.15) is 0 Å². The van der Waals surface area contributed by atoms with Gasteiger partial charge in [-0.25, -0.2) is 0 Å². The van der Waals surface area contributed by atoms with E-state index in [-0.39, 0.29) is 6.10 Å². The molecule has 1 atom stereocenters. The second kappa shape index (κ2) is 9.11. The Morgan fingerprint density at radius 3 is 2.15 bits per heavy atom. The molecular weight excluding hydrogens is 340 g/mol. The average Bonchev–Trinajstić information content (AvgIpc) is 2.68. The van der Waals surface area contributed by atoms with Crippen LogP contribution in [0, 0.1) is 0 Å². The Kier molecular flexibility index (Phi) is 6.33. The molecule has 0 saturated carbocycles. The average molecular weight is 365 g/mol. The number of para-hydroxylation sites is 1. The highest BCUT2D eigenvalue weighted by Crippen LogP contribution is 2.29. The lowest BCUT2D eigenvalue weighted by molar-refractivity contribution is 0.226. The fourth-order valence-corrected chi connectivity index (χ4v) is 3.37. The topological polar surface area (TPSA) is 27.7 Å². The van der Waals surface area contributed by atoms with Gasteiger partial charge in [0.25, 0.3) is 0 Å². The van der Waals surface area contributed by atoms with Gasteiger partial charge in [0.1, 0.15) is 29.1 Å². The first-order chi connectivity index (χ1) is 12.8. The van der Waals surface area contributed by atoms with Crippen LogP contribution in [0.15, 0.2) is 78.9 Å². The molecule has 0 aromatic heterocycles. The highest BCUT2D eigenvalue weighted by Gasteiger charge is 2.12. The minimum Gasteiger partial charge on any atom is -0.494 e. The molecule has 0 bridgehead atoms. The summed E-state index contributed by atoms with van der Waals surface area (Å²) >= 11 is 0. The van der Waals surface area contributed by atoms with Crippen LogP contribution >= 0.6 is 0 Å². The normalized spacial score (nSPS) is 11.7. The summed E-state index contributed by atoms with van der Waals surface area (Å²) < 4.78 is 17.6. The van der Waals surface area contributed by atoms with E-state index in [4.69, 9.17) is 14.2 Å². The molecule has 0 aliphatic carbocycles. The standard InChI is InChI=1S/C22H24O3Si/c1-2-23-18-11-13-20(14-12-18)25-22(16-26)17-7-6-10-21(15-17)24-19-8-4-3-5-9-19/h3-15,22H,2,16H2,1,26H3. The first-order valence-corrected chi connectivity index (χ1v) is 10.4. The van der Waals surface area contributed by atoms with Crippen molar-refractivity contribution in [1.29, 1.82) is 0 Å². The summed E-state index contributed by atoms with van der Waals surface area (Å²) in [7, 11) is 1.05. The lowest BCUT2D eigenvalue weighted by Crippen LogP contribution is -2.07. The highest BCUT2D eigenvalue weighted by atomic mass is 28.1. The van der Waals surface area contributed by atoms with Crippen LogP contribution in [0.1, 0.15) is 18.6 Å². The van der Waals surface area contributed by atoms with Crippen molar-refractivity contribution in [3.05, 3.63) is 84.4 Å². The lowest BCUT2D eigenvalue weighted by atomic mass is 10.1. The number of hydrogen-bond acceptors (Lipinski definition) is 3. The molecule has 1 unspecified atom stereocenters. The molecule has 0 heterocycles. The fraction of sp³-hybridized carbons (Fsp3) is 0.182. The molecule has 3 rings (SSSR count). The van der Waals surface area contributed by atoms with Crippen LogP contribution in [0.4, 0.5) is 0 Å². The van der Waals surface area contributed by atoms with E-state index in [0.29, 0.717) is 6.61 Å². The first kappa shape index (κ1) is 18.1. The van der Waals surface area contributed by atoms with E-state index in [2.05, 4.69) is 12.1 Å². The summed E-state index contributed by atoms with van der Waals surface area (Å²) in [4.78, 5) is 0. The molecule has 3 aromatic carbocycles. The van der Waals surface area contributed by atoms with Crippen LogP contribution in [0.3, 0.4) is 0 Å². The third-order valence-electron chi connectivity index (χ3n) is 3.99. The fourth-order valence-electron chi connectivity index (χ4n) is 2.74. The number of ether oxygens (including phenoxy) is 3. The molecule has 0 N–H and O–H groups in total. The van der Waals surface area contributed by atoms with Gasteiger partial charge in [0.15, 0.2) is 0 Å². The summed E-state index contributed by atoms with van der Waals surface area (Å²) in [5.74, 6) is 3.37. The van der Waals surface area contributed by atoms with Gasteiger partial charge in [-0.3, -0.25) is 0 Å². The smallest absolute Gasteiger partial charge is 0.127 e. The van der Waals surface area contributed by atoms with E-state index in [0.717, 1.165) is 44.8 Å². The molecule has 0 aliphatic rings. The number of hydrogen-bond donors (Lipinski definition) is 0. The third kappa shape index (κ3) is 4.89. The van der Waals surface area contributed by atoms with Crippen molar-refractivity contribution < 1.29 is 14.2 Å². The molecule has 0 saturated heterocycles. The van der Waals surface area contributed by atoms with Gasteiger partial charge < -0.3 is 14.2 Å². The van der Waals surface area contributed by atoms with Crippen molar-refractivity contribution in [1.82, 2.24) is 0 Å². The predicted molar refractivity (Wildman–Crippen MR) is 109 cm³/mol. The van der Waals surface area contributed by atoms with Gasteiger partial charge in [0.05, 0.1) is 6.61 Å². The van der Waals surface area contributed by atoms with Gasteiger partial charge in [-0.15, -0.1) is 0 Å². The molecular formula is C22H24O3Si. The van der Waals surface area contributed by atoms with Crippen LogP contribution in [-0.4, -0.2) is 16.8 Å². The van der Waals surface area contributed by atoms with Crippen molar-refractivity contribution in [2.24, 2.45) is 0 Å². The predicted octanol–water partition coefficient (Wildman–Crippen LogP) is 4.78. The maximum Gasteiger partial charge on any atom is 0.127 e. The van der Waals surface area contributed by atoms with E-state index in [1.165, 1.54) is 0 Å². The largest absolute Gasteiger partial charge is 0.494 e. The summed E-state index contributed by atoms with van der Waals surface area (Å²) in [6.45, 7) is 2.64. The quantitative estimate of drug-likeness (QED) is 0.538. The van der Waals surface area contributed by atoms with Gasteiger partial charge in [-0.1, -0.05) is 30.3 Å². The van der Waals surface area contributed by atoms with Gasteiger partial charge in [0.2, 0.25) is 0 Å². The van der Waals surface area contributed by atoms with Gasteiger partial charge in [-0.05, 0) is 67.1 Å². The molecule has 0 aliphatic heterocycles. The van der Waals surface area contributed by atoms with Crippen LogP contribution in [0.5, 0.6) is 23.0 Å². The molecule has 4 heteroatoms. The van der Waals surface area contributed by atoms with Crippen LogP contribution in [0.25, 0.3) is 0 Å². The molecule has 3 nitrogen and oxygen atoms in total. The van der Waals surface area contributed by atoms with Crippen LogP contribution < -0.4 is 14.2 Å². The molecule has 3 aromatic rings. The zero-order valence-electron chi connectivity index (χ0n) is 15.2. The second-order valence-corrected chi connectivity index (χ2v) is 6.72. The molecule has 0 amide bonds. The molecule has 0 spiro atoms. The number of rotatable bonds is 8. The van der Waals surface area contributed by atoms with Gasteiger partial charge >= 0.3 is 0 Å². The lowest BCUT2D eigenvalue weighted by Gasteiger charge is -2.19. The van der Waals surface area contributed by atoms with E-state index < -0.39 is 0 Å². The van der Waals surface area contributed by atoms with Crippen molar-refractivity contribution in [2.45, 2.75) is 19.1 Å². The van der Waals surface area contributed by atoms with Crippen LogP contribution in [-0.2, 0) is 0 Å². The minimum absolute atomic E-state index is 0.0268. The van der Waals surface area contributed by atoms with E-state index in [9.17, 15) is 0 Å². The van der Waals surface area contributed by atoms with E-state index >= 15 is 0 Å². The van der Waals surface area contributed by atoms with Crippen LogP contribution in [0.2, 0.25) is 6.04 Å². The zero-order valence-corrected chi connectivity index (χ0v) is 17.2. The Morgan fingerprint density at radius 2 is 1.46 bits per heavy atom. The molecule has 0 fully saturated rings. The SMILES string of the molecule is CCOc1ccc(OC(C[SiH3])c2cccc(Oc3ccccc3)c2)cc1. The minimum atomic E-state index is 0.0268. The van der Waals surface area contributed by atoms with Crippen molar-refractivity contribution in [3.63, 3.8) is 0 Å². The van der Waals surface area contributed by atoms with Crippen molar-refractivity contribution >= 4 is 10.2 Å². The maximum atomic E-state index is 6.21. The summed E-state index contributed by atoms with van der Waals surface area (Å²) in [6, 6.07) is 26.8. The van der Waals surface area contributed by atoms with E-state index in [1.54, 1.807) is 0 Å². The second-order valence-electron chi connectivity index (χ2n) is 5.91. The van der Waals surface area contributed by atoms with Crippen molar-refractivity contribution in [2.75, 3.05) is 6.61 Å². The summed E-state index contributed by atoms with van der Waals surface area (Å²) in [5, 5.41) is 0. The molecule has 0 radical (unpaired) electrons. The summed E-state index contributed by atoms with van der Waals surface area (Å²) in [6.07, 6.45) is 0.0268. The highest BCUT2D eigenvalue weighted by molar-refractivity contribution is 6.08. The van der Waals surface area contributed by atoms with Crippen molar-refractivity contribution in [3.8, 4) is 23.0 Å².